The summed E-state index contributed by atoms with van der Waals surface area (Å²) < 4.78 is 11.7. The minimum Gasteiger partial charge on any atom is -1.00 e. The summed E-state index contributed by atoms with van der Waals surface area (Å²) in [4.78, 5) is 28.7. The van der Waals surface area contributed by atoms with Crippen LogP contribution in [0.25, 0.3) is 0 Å². The smallest absolute Gasteiger partial charge is 0.337 e. The van der Waals surface area contributed by atoms with Gasteiger partial charge in [-0.3, -0.25) is 0 Å². The van der Waals surface area contributed by atoms with Crippen molar-refractivity contribution in [3.63, 3.8) is 0 Å². The zero-order valence-corrected chi connectivity index (χ0v) is 30.2. The number of dihydropyridines is 1. The summed E-state index contributed by atoms with van der Waals surface area (Å²) in [6, 6.07) is 26.3. The molecule has 0 aromatic heterocycles. The number of likely N-dealkylation sites (N-methyl/N-ethyl adjacent to an activating group) is 1. The van der Waals surface area contributed by atoms with E-state index in [-0.39, 0.29) is 35.9 Å². The number of halogens is 3. The highest BCUT2D eigenvalue weighted by molar-refractivity contribution is 6.42. The maximum Gasteiger partial charge on any atom is 0.337 e. The second kappa shape index (κ2) is 17.7. The van der Waals surface area contributed by atoms with Gasteiger partial charge in [-0.2, -0.15) is 0 Å². The molecule has 0 bridgehead atoms. The van der Waals surface area contributed by atoms with Crippen LogP contribution in [0.1, 0.15) is 69.6 Å². The molecule has 6 nitrogen and oxygen atoms in total. The number of hydrogen-bond acceptors (Lipinski definition) is 5. The molecule has 0 aliphatic carbocycles. The number of esters is 2. The zero-order chi connectivity index (χ0) is 33.4. The molecule has 0 saturated carbocycles. The molecule has 9 heteroatoms. The number of hydrogen-bond donors (Lipinski definition) is 2. The molecule has 0 radical (unpaired) electrons. The van der Waals surface area contributed by atoms with Crippen LogP contribution in [-0.2, 0) is 19.1 Å². The Hall–Kier alpha value is -3.29. The van der Waals surface area contributed by atoms with Crippen LogP contribution in [0.2, 0.25) is 10.0 Å². The molecule has 3 aromatic rings. The molecule has 1 heterocycles. The maximum absolute atomic E-state index is 14.0. The van der Waals surface area contributed by atoms with Gasteiger partial charge in [0.1, 0.15) is 12.6 Å². The maximum atomic E-state index is 14.0. The Morgan fingerprint density at radius 1 is 0.830 bits per heavy atom. The first-order valence-electron chi connectivity index (χ1n) is 15.9. The van der Waals surface area contributed by atoms with Gasteiger partial charge < -0.3 is 32.1 Å². The molecule has 1 aliphatic rings. The molecule has 0 saturated heterocycles. The monoisotopic (exact) mass is 698 g/mol. The van der Waals surface area contributed by atoms with E-state index in [1.165, 1.54) is 16.0 Å². The first kappa shape index (κ1) is 38.2. The number of benzene rings is 3. The topological polar surface area (TPSA) is 69.1 Å². The lowest BCUT2D eigenvalue weighted by atomic mass is 9.80. The minimum atomic E-state index is -0.811. The second-order valence-electron chi connectivity index (χ2n) is 12.6. The lowest BCUT2D eigenvalue weighted by molar-refractivity contribution is -0.882. The predicted octanol–water partition coefficient (Wildman–Crippen LogP) is 4.10. The standard InChI is InChI=1S/C38H44Cl2N2O4.ClH/c1-24(2)23-45-37(43)33-26(4)41-27(5)34(35(33)31-18-13-19-32(39)36(31)40)38(44)46-25(3)22-42(6)21-20-30(28-14-9-7-10-15-28)29-16-11-8-12-17-29;/h7-19,24-25,30,35,41H,20-23H2,1-6H3;1H. The van der Waals surface area contributed by atoms with E-state index in [1.54, 1.807) is 32.0 Å². The van der Waals surface area contributed by atoms with Gasteiger partial charge in [-0.05, 0) is 49.4 Å². The predicted molar refractivity (Wildman–Crippen MR) is 185 cm³/mol. The molecule has 47 heavy (non-hydrogen) atoms. The van der Waals surface area contributed by atoms with Crippen LogP contribution in [0.3, 0.4) is 0 Å². The lowest BCUT2D eigenvalue weighted by Crippen LogP contribution is -3.10. The van der Waals surface area contributed by atoms with Gasteiger partial charge in [0.05, 0.1) is 47.3 Å². The Morgan fingerprint density at radius 3 is 1.94 bits per heavy atom. The van der Waals surface area contributed by atoms with Crippen molar-refractivity contribution in [2.75, 3.05) is 26.7 Å². The van der Waals surface area contributed by atoms with Crippen LogP contribution >= 0.6 is 23.2 Å². The number of rotatable bonds is 13. The van der Waals surface area contributed by atoms with E-state index in [1.807, 2.05) is 32.9 Å². The number of ether oxygens (including phenoxy) is 2. The third kappa shape index (κ3) is 9.86. The Balaban J connectivity index is 0.00000600. The summed E-state index contributed by atoms with van der Waals surface area (Å²) in [6.45, 7) is 11.2. The largest absolute Gasteiger partial charge is 1.00 e. The fourth-order valence-electron chi connectivity index (χ4n) is 6.08. The molecule has 2 N–H and O–H groups in total. The average Bonchev–Trinajstić information content (AvgIpc) is 3.02. The van der Waals surface area contributed by atoms with Crippen LogP contribution in [0, 0.1) is 5.92 Å². The zero-order valence-electron chi connectivity index (χ0n) is 27.9. The van der Waals surface area contributed by atoms with E-state index < -0.39 is 24.0 Å². The third-order valence-electron chi connectivity index (χ3n) is 8.25. The highest BCUT2D eigenvalue weighted by atomic mass is 35.5. The molecule has 1 aliphatic heterocycles. The number of carbonyl (C=O) groups is 2. The molecule has 0 amide bonds. The summed E-state index contributed by atoms with van der Waals surface area (Å²) in [7, 11) is 2.12. The van der Waals surface area contributed by atoms with Crippen LogP contribution in [0.5, 0.6) is 0 Å². The Kier molecular flexibility index (Phi) is 14.4. The molecule has 3 aromatic carbocycles. The molecule has 0 fully saturated rings. The van der Waals surface area contributed by atoms with E-state index in [0.717, 1.165) is 13.0 Å². The van der Waals surface area contributed by atoms with Gasteiger partial charge in [-0.1, -0.05) is 110 Å². The summed E-state index contributed by atoms with van der Waals surface area (Å²) in [6.07, 6.45) is 0.550. The van der Waals surface area contributed by atoms with Gasteiger partial charge in [-0.25, -0.2) is 9.59 Å². The molecule has 3 unspecified atom stereocenters. The molecule has 252 valence electrons. The Bertz CT molecular complexity index is 1530. The highest BCUT2D eigenvalue weighted by Gasteiger charge is 2.40. The average molecular weight is 700 g/mol. The van der Waals surface area contributed by atoms with E-state index in [2.05, 4.69) is 60.9 Å². The highest BCUT2D eigenvalue weighted by Crippen LogP contribution is 2.43. The van der Waals surface area contributed by atoms with Gasteiger partial charge in [0, 0.05) is 23.7 Å². The van der Waals surface area contributed by atoms with Gasteiger partial charge in [0.15, 0.2) is 0 Å². The summed E-state index contributed by atoms with van der Waals surface area (Å²) in [5, 5.41) is 3.83. The SMILES string of the molecule is CC1=C(C(=O)OCC(C)C)C(c2cccc(Cl)c2Cl)C(C(=O)OC(C)C[NH+](C)CCC(c2ccccc2)c2ccccc2)=C(C)N1.[Cl-]. The summed E-state index contributed by atoms with van der Waals surface area (Å²) >= 11 is 13.1. The number of carbonyl (C=O) groups excluding carboxylic acids is 2. The Morgan fingerprint density at radius 2 is 1.38 bits per heavy atom. The molecule has 0 spiro atoms. The molecular weight excluding hydrogens is 655 g/mol. The van der Waals surface area contributed by atoms with Crippen molar-refractivity contribution in [1.29, 1.82) is 0 Å². The van der Waals surface area contributed by atoms with Gasteiger partial charge in [0.25, 0.3) is 0 Å². The van der Waals surface area contributed by atoms with Crippen LogP contribution in [-0.4, -0.2) is 44.8 Å². The number of allylic oxidation sites excluding steroid dienone is 2. The first-order chi connectivity index (χ1) is 22.0. The second-order valence-corrected chi connectivity index (χ2v) is 13.3. The fraction of sp³-hybridized carbons (Fsp3) is 0.368. The van der Waals surface area contributed by atoms with Crippen molar-refractivity contribution < 1.29 is 36.4 Å². The molecule has 3 atom stereocenters. The quantitative estimate of drug-likeness (QED) is 0.263. The number of quaternary nitrogens is 1. The lowest BCUT2D eigenvalue weighted by Gasteiger charge is -2.32. The van der Waals surface area contributed by atoms with Gasteiger partial charge >= 0.3 is 11.9 Å². The van der Waals surface area contributed by atoms with Crippen molar-refractivity contribution in [1.82, 2.24) is 5.32 Å². The van der Waals surface area contributed by atoms with Crippen LogP contribution < -0.4 is 22.6 Å². The minimum absolute atomic E-state index is 0. The van der Waals surface area contributed by atoms with E-state index in [0.29, 0.717) is 39.7 Å². The van der Waals surface area contributed by atoms with E-state index in [9.17, 15) is 9.59 Å². The molecular formula is C38H45Cl3N2O4. The van der Waals surface area contributed by atoms with E-state index in [4.69, 9.17) is 32.7 Å². The van der Waals surface area contributed by atoms with Gasteiger partial charge in [0.2, 0.25) is 0 Å². The molecule has 4 rings (SSSR count). The van der Waals surface area contributed by atoms with Crippen molar-refractivity contribution in [3.05, 3.63) is 128 Å². The summed E-state index contributed by atoms with van der Waals surface area (Å²) in [5.41, 5.74) is 4.91. The normalized spacial score (nSPS) is 16.0. The van der Waals surface area contributed by atoms with Crippen molar-refractivity contribution in [2.45, 2.75) is 59.0 Å². The van der Waals surface area contributed by atoms with E-state index >= 15 is 0 Å². The van der Waals surface area contributed by atoms with Crippen LogP contribution in [0.4, 0.5) is 0 Å². The van der Waals surface area contributed by atoms with Crippen LogP contribution in [0.15, 0.2) is 101 Å². The number of nitrogens with one attached hydrogen (secondary N) is 2. The van der Waals surface area contributed by atoms with Gasteiger partial charge in [-0.15, -0.1) is 0 Å². The van der Waals surface area contributed by atoms with Crippen molar-refractivity contribution in [2.24, 2.45) is 5.92 Å². The summed E-state index contributed by atoms with van der Waals surface area (Å²) in [5.74, 6) is -1.43. The first-order valence-corrected chi connectivity index (χ1v) is 16.6. The van der Waals surface area contributed by atoms with Crippen molar-refractivity contribution in [3.8, 4) is 0 Å². The van der Waals surface area contributed by atoms with Crippen molar-refractivity contribution >= 4 is 35.1 Å². The third-order valence-corrected chi connectivity index (χ3v) is 9.08. The Labute approximate surface area is 295 Å². The fourth-order valence-corrected chi connectivity index (χ4v) is 6.49.